The molecule has 0 aliphatic heterocycles. The number of ether oxygens (including phenoxy) is 1. The van der Waals surface area contributed by atoms with Gasteiger partial charge in [0.15, 0.2) is 0 Å². The van der Waals surface area contributed by atoms with Crippen molar-refractivity contribution in [3.8, 4) is 5.75 Å². The molecule has 18 heavy (non-hydrogen) atoms. The Morgan fingerprint density at radius 1 is 1.28 bits per heavy atom. The van der Waals surface area contributed by atoms with Gasteiger partial charge in [0, 0.05) is 11.6 Å². The highest BCUT2D eigenvalue weighted by Crippen LogP contribution is 2.29. The van der Waals surface area contributed by atoms with Gasteiger partial charge >= 0.3 is 0 Å². The molecule has 1 atom stereocenters. The first-order chi connectivity index (χ1) is 8.72. The third kappa shape index (κ3) is 4.31. The van der Waals surface area contributed by atoms with Crippen molar-refractivity contribution in [3.63, 3.8) is 0 Å². The zero-order valence-corrected chi connectivity index (χ0v) is 11.8. The normalized spacial score (nSPS) is 12.4. The van der Waals surface area contributed by atoms with Crippen LogP contribution in [0.15, 0.2) is 18.2 Å². The predicted octanol–water partition coefficient (Wildman–Crippen LogP) is 3.48. The molecule has 0 saturated heterocycles. The molecule has 0 bridgehead atoms. The zero-order valence-electron chi connectivity index (χ0n) is 11.8. The number of unbranched alkanes of at least 4 members (excludes halogenated alkanes) is 3. The lowest BCUT2D eigenvalue weighted by molar-refractivity contribution is 0.392. The van der Waals surface area contributed by atoms with E-state index in [2.05, 4.69) is 37.5 Å². The molecule has 0 radical (unpaired) electrons. The maximum absolute atomic E-state index is 5.68. The van der Waals surface area contributed by atoms with Crippen molar-refractivity contribution in [1.29, 1.82) is 0 Å². The van der Waals surface area contributed by atoms with E-state index in [0.29, 0.717) is 0 Å². The zero-order chi connectivity index (χ0) is 13.4. The molecule has 1 rings (SSSR count). The van der Waals surface area contributed by atoms with Crippen LogP contribution >= 0.6 is 0 Å². The van der Waals surface area contributed by atoms with Gasteiger partial charge in [-0.1, -0.05) is 44.7 Å². The Bertz CT molecular complexity index is 352. The van der Waals surface area contributed by atoms with E-state index in [-0.39, 0.29) is 6.04 Å². The topological polar surface area (TPSA) is 47.3 Å². The minimum Gasteiger partial charge on any atom is -0.496 e. The van der Waals surface area contributed by atoms with E-state index in [4.69, 9.17) is 10.6 Å². The van der Waals surface area contributed by atoms with Crippen LogP contribution < -0.4 is 16.0 Å². The molecule has 3 nitrogen and oxygen atoms in total. The minimum atomic E-state index is 0.178. The van der Waals surface area contributed by atoms with Crippen LogP contribution in [0.2, 0.25) is 0 Å². The number of hydrogen-bond acceptors (Lipinski definition) is 3. The van der Waals surface area contributed by atoms with Crippen LogP contribution in [0.1, 0.15) is 56.2 Å². The van der Waals surface area contributed by atoms with Gasteiger partial charge in [-0.25, -0.2) is 0 Å². The number of hydrogen-bond donors (Lipinski definition) is 2. The number of methoxy groups -OCH3 is 1. The van der Waals surface area contributed by atoms with Crippen LogP contribution in [0.4, 0.5) is 0 Å². The number of benzene rings is 1. The van der Waals surface area contributed by atoms with E-state index in [9.17, 15) is 0 Å². The van der Waals surface area contributed by atoms with Crippen LogP contribution in [-0.2, 0) is 0 Å². The third-order valence-electron chi connectivity index (χ3n) is 3.31. The number of rotatable bonds is 8. The molecule has 1 unspecified atom stereocenters. The van der Waals surface area contributed by atoms with E-state index in [1.165, 1.54) is 31.2 Å². The highest BCUT2D eigenvalue weighted by atomic mass is 16.5. The van der Waals surface area contributed by atoms with E-state index in [1.54, 1.807) is 7.11 Å². The second kappa shape index (κ2) is 8.11. The van der Waals surface area contributed by atoms with Crippen molar-refractivity contribution in [2.75, 3.05) is 7.11 Å². The lowest BCUT2D eigenvalue weighted by atomic mass is 9.98. The SMILES string of the molecule is CCCCCCC(NN)c1ccc(C)cc1OC. The molecule has 0 fully saturated rings. The second-order valence-corrected chi connectivity index (χ2v) is 4.81. The van der Waals surface area contributed by atoms with E-state index >= 15 is 0 Å². The lowest BCUT2D eigenvalue weighted by Crippen LogP contribution is -2.28. The standard InChI is InChI=1S/C15H26N2O/c1-4-5-6-7-8-14(17-16)13-10-9-12(2)11-15(13)18-3/h9-11,14,17H,4-8,16H2,1-3H3. The quantitative estimate of drug-likeness (QED) is 0.422. The van der Waals surface area contributed by atoms with Gasteiger partial charge in [0.25, 0.3) is 0 Å². The Balaban J connectivity index is 2.69. The summed E-state index contributed by atoms with van der Waals surface area (Å²) in [5, 5.41) is 0. The van der Waals surface area contributed by atoms with Gasteiger partial charge in [0.05, 0.1) is 7.11 Å². The summed E-state index contributed by atoms with van der Waals surface area (Å²) >= 11 is 0. The fourth-order valence-electron chi connectivity index (χ4n) is 2.21. The van der Waals surface area contributed by atoms with Crippen LogP contribution in [0.5, 0.6) is 5.75 Å². The molecule has 1 aromatic carbocycles. The monoisotopic (exact) mass is 250 g/mol. The van der Waals surface area contributed by atoms with Crippen molar-refractivity contribution >= 4 is 0 Å². The van der Waals surface area contributed by atoms with Crippen LogP contribution in [-0.4, -0.2) is 7.11 Å². The van der Waals surface area contributed by atoms with E-state index in [1.807, 2.05) is 0 Å². The molecule has 1 aromatic rings. The maximum atomic E-state index is 5.68. The first-order valence-electron chi connectivity index (χ1n) is 6.83. The third-order valence-corrected chi connectivity index (χ3v) is 3.31. The summed E-state index contributed by atoms with van der Waals surface area (Å²) in [6.07, 6.45) is 6.06. The molecular weight excluding hydrogens is 224 g/mol. The Kier molecular flexibility index (Phi) is 6.76. The molecule has 0 saturated carbocycles. The fourth-order valence-corrected chi connectivity index (χ4v) is 2.21. The first-order valence-corrected chi connectivity index (χ1v) is 6.83. The summed E-state index contributed by atoms with van der Waals surface area (Å²) in [4.78, 5) is 0. The average Bonchev–Trinajstić information content (AvgIpc) is 2.39. The van der Waals surface area contributed by atoms with Crippen molar-refractivity contribution in [2.24, 2.45) is 5.84 Å². The van der Waals surface area contributed by atoms with Gasteiger partial charge < -0.3 is 4.74 Å². The minimum absolute atomic E-state index is 0.178. The number of nitrogens with one attached hydrogen (secondary N) is 1. The molecule has 0 aromatic heterocycles. The maximum Gasteiger partial charge on any atom is 0.123 e. The van der Waals surface area contributed by atoms with Gasteiger partial charge in [0.2, 0.25) is 0 Å². The Morgan fingerprint density at radius 3 is 2.67 bits per heavy atom. The Morgan fingerprint density at radius 2 is 2.06 bits per heavy atom. The predicted molar refractivity (Wildman–Crippen MR) is 76.6 cm³/mol. The van der Waals surface area contributed by atoms with Crippen molar-refractivity contribution < 1.29 is 4.74 Å². The molecule has 3 N–H and O–H groups in total. The lowest BCUT2D eigenvalue weighted by Gasteiger charge is -2.19. The largest absolute Gasteiger partial charge is 0.496 e. The smallest absolute Gasteiger partial charge is 0.123 e. The van der Waals surface area contributed by atoms with Crippen molar-refractivity contribution in [2.45, 2.75) is 52.0 Å². The molecule has 0 heterocycles. The number of hydrazine groups is 1. The highest BCUT2D eigenvalue weighted by molar-refractivity contribution is 5.39. The molecule has 102 valence electrons. The van der Waals surface area contributed by atoms with Gasteiger partial charge in [-0.05, 0) is 25.0 Å². The summed E-state index contributed by atoms with van der Waals surface area (Å²) in [6, 6.07) is 6.45. The molecular formula is C15H26N2O. The van der Waals surface area contributed by atoms with Gasteiger partial charge in [0.1, 0.15) is 5.75 Å². The van der Waals surface area contributed by atoms with Crippen molar-refractivity contribution in [3.05, 3.63) is 29.3 Å². The van der Waals surface area contributed by atoms with Crippen LogP contribution in [0.3, 0.4) is 0 Å². The summed E-state index contributed by atoms with van der Waals surface area (Å²) in [5.74, 6) is 6.60. The average molecular weight is 250 g/mol. The summed E-state index contributed by atoms with van der Waals surface area (Å²) in [7, 11) is 1.71. The van der Waals surface area contributed by atoms with Gasteiger partial charge in [-0.2, -0.15) is 0 Å². The van der Waals surface area contributed by atoms with Crippen LogP contribution in [0.25, 0.3) is 0 Å². The summed E-state index contributed by atoms with van der Waals surface area (Å²) < 4.78 is 5.44. The van der Waals surface area contributed by atoms with E-state index in [0.717, 1.165) is 17.7 Å². The van der Waals surface area contributed by atoms with Crippen molar-refractivity contribution in [1.82, 2.24) is 5.43 Å². The van der Waals surface area contributed by atoms with Gasteiger partial charge in [-0.15, -0.1) is 0 Å². The number of nitrogens with two attached hydrogens (primary N) is 1. The summed E-state index contributed by atoms with van der Waals surface area (Å²) in [5.41, 5.74) is 5.27. The van der Waals surface area contributed by atoms with Crippen LogP contribution in [0, 0.1) is 6.92 Å². The van der Waals surface area contributed by atoms with E-state index < -0.39 is 0 Å². The molecule has 3 heteroatoms. The van der Waals surface area contributed by atoms with Gasteiger partial charge in [-0.3, -0.25) is 11.3 Å². The number of aryl methyl sites for hydroxylation is 1. The summed E-state index contributed by atoms with van der Waals surface area (Å²) in [6.45, 7) is 4.29. The molecule has 0 aliphatic carbocycles. The first kappa shape index (κ1) is 15.0. The second-order valence-electron chi connectivity index (χ2n) is 4.81. The fraction of sp³-hybridized carbons (Fsp3) is 0.600. The Hall–Kier alpha value is -1.06. The molecule has 0 amide bonds. The highest BCUT2D eigenvalue weighted by Gasteiger charge is 2.14. The molecule has 0 spiro atoms. The molecule has 0 aliphatic rings. The Labute approximate surface area is 111 Å².